The number of aromatic nitrogens is 1. The van der Waals surface area contributed by atoms with E-state index in [2.05, 4.69) is 43.2 Å². The van der Waals surface area contributed by atoms with Crippen LogP contribution in [-0.2, 0) is 11.3 Å². The highest BCUT2D eigenvalue weighted by Gasteiger charge is 2.16. The Balaban J connectivity index is 2.29. The van der Waals surface area contributed by atoms with Gasteiger partial charge in [-0.2, -0.15) is 0 Å². The lowest BCUT2D eigenvalue weighted by molar-refractivity contribution is 0.150. The van der Waals surface area contributed by atoms with Crippen molar-refractivity contribution >= 4 is 0 Å². The quantitative estimate of drug-likeness (QED) is 0.790. The lowest BCUT2D eigenvalue weighted by atomic mass is 9.90. The fourth-order valence-corrected chi connectivity index (χ4v) is 1.60. The van der Waals surface area contributed by atoms with Gasteiger partial charge < -0.3 is 10.1 Å². The van der Waals surface area contributed by atoms with Gasteiger partial charge in [0, 0.05) is 33.0 Å². The van der Waals surface area contributed by atoms with E-state index in [9.17, 15) is 0 Å². The van der Waals surface area contributed by atoms with Crippen LogP contribution in [0.25, 0.3) is 0 Å². The van der Waals surface area contributed by atoms with Crippen molar-refractivity contribution in [3.05, 3.63) is 29.6 Å². The number of ether oxygens (including phenoxy) is 1. The molecule has 0 spiro atoms. The molecule has 0 saturated carbocycles. The Morgan fingerprint density at radius 1 is 1.35 bits per heavy atom. The van der Waals surface area contributed by atoms with Gasteiger partial charge in [-0.25, -0.2) is 0 Å². The van der Waals surface area contributed by atoms with Crippen LogP contribution in [0.4, 0.5) is 0 Å². The third kappa shape index (κ3) is 5.80. The van der Waals surface area contributed by atoms with Crippen molar-refractivity contribution in [1.29, 1.82) is 0 Å². The summed E-state index contributed by atoms with van der Waals surface area (Å²) in [5.74, 6) is 0. The summed E-state index contributed by atoms with van der Waals surface area (Å²) < 4.78 is 5.12. The monoisotopic (exact) mass is 236 g/mol. The molecule has 17 heavy (non-hydrogen) atoms. The smallest absolute Gasteiger partial charge is 0.0541 e. The van der Waals surface area contributed by atoms with Crippen LogP contribution >= 0.6 is 0 Å². The van der Waals surface area contributed by atoms with Crippen molar-refractivity contribution < 1.29 is 4.74 Å². The molecule has 0 saturated heterocycles. The Morgan fingerprint density at radius 2 is 2.12 bits per heavy atom. The Morgan fingerprint density at radius 3 is 2.71 bits per heavy atom. The first-order valence-electron chi connectivity index (χ1n) is 6.15. The zero-order chi connectivity index (χ0) is 12.7. The minimum atomic E-state index is 0.265. The van der Waals surface area contributed by atoms with Gasteiger partial charge in [0.15, 0.2) is 0 Å². The average molecular weight is 236 g/mol. The molecule has 0 aliphatic carbocycles. The van der Waals surface area contributed by atoms with Gasteiger partial charge in [0.1, 0.15) is 0 Å². The molecule has 3 nitrogen and oxygen atoms in total. The fourth-order valence-electron chi connectivity index (χ4n) is 1.60. The number of hydrogen-bond acceptors (Lipinski definition) is 3. The third-order valence-corrected chi connectivity index (χ3v) is 2.87. The first-order chi connectivity index (χ1) is 8.03. The Hall–Kier alpha value is -0.930. The molecular formula is C14H24N2O. The number of rotatable bonds is 7. The third-order valence-electron chi connectivity index (χ3n) is 2.87. The minimum absolute atomic E-state index is 0.265. The second kappa shape index (κ2) is 6.72. The van der Waals surface area contributed by atoms with Crippen molar-refractivity contribution in [3.8, 4) is 0 Å². The van der Waals surface area contributed by atoms with Crippen LogP contribution in [0.15, 0.2) is 18.3 Å². The number of pyridine rings is 1. The Bertz CT molecular complexity index is 319. The van der Waals surface area contributed by atoms with E-state index in [1.807, 2.05) is 6.20 Å². The van der Waals surface area contributed by atoms with Crippen molar-refractivity contribution in [3.63, 3.8) is 0 Å². The van der Waals surface area contributed by atoms with E-state index in [0.29, 0.717) is 0 Å². The van der Waals surface area contributed by atoms with Crippen molar-refractivity contribution in [2.45, 2.75) is 33.7 Å². The van der Waals surface area contributed by atoms with E-state index in [4.69, 9.17) is 4.74 Å². The van der Waals surface area contributed by atoms with E-state index in [1.54, 1.807) is 7.11 Å². The number of nitrogens with zero attached hydrogens (tertiary/aromatic N) is 1. The average Bonchev–Trinajstić information content (AvgIpc) is 2.29. The molecule has 1 heterocycles. The largest absolute Gasteiger partial charge is 0.385 e. The zero-order valence-corrected chi connectivity index (χ0v) is 11.4. The van der Waals surface area contributed by atoms with E-state index < -0.39 is 0 Å². The molecule has 0 fully saturated rings. The molecule has 1 aromatic heterocycles. The normalized spacial score (nSPS) is 11.8. The Kier molecular flexibility index (Phi) is 5.59. The number of aryl methyl sites for hydroxylation is 1. The van der Waals surface area contributed by atoms with Crippen LogP contribution in [0, 0.1) is 12.3 Å². The van der Waals surface area contributed by atoms with Crippen LogP contribution in [0.2, 0.25) is 0 Å². The molecule has 1 rings (SSSR count). The highest BCUT2D eigenvalue weighted by Crippen LogP contribution is 2.18. The summed E-state index contributed by atoms with van der Waals surface area (Å²) in [5.41, 5.74) is 2.56. The Labute approximate surface area is 105 Å². The lowest BCUT2D eigenvalue weighted by Crippen LogP contribution is -2.30. The summed E-state index contributed by atoms with van der Waals surface area (Å²) in [6.07, 6.45) is 2.98. The van der Waals surface area contributed by atoms with E-state index in [-0.39, 0.29) is 5.41 Å². The summed E-state index contributed by atoms with van der Waals surface area (Å²) in [4.78, 5) is 4.37. The molecule has 0 aliphatic rings. The standard InChI is InChI=1S/C14H24N2O/c1-12-5-6-13(16-9-12)10-15-11-14(2,3)7-8-17-4/h5-6,9,15H,7-8,10-11H2,1-4H3. The van der Waals surface area contributed by atoms with E-state index in [1.165, 1.54) is 5.56 Å². The van der Waals surface area contributed by atoms with Gasteiger partial charge in [0.2, 0.25) is 0 Å². The summed E-state index contributed by atoms with van der Waals surface area (Å²) in [5, 5.41) is 3.45. The topological polar surface area (TPSA) is 34.1 Å². The zero-order valence-electron chi connectivity index (χ0n) is 11.4. The maximum Gasteiger partial charge on any atom is 0.0541 e. The molecule has 0 aliphatic heterocycles. The van der Waals surface area contributed by atoms with Gasteiger partial charge in [-0.1, -0.05) is 19.9 Å². The first-order valence-corrected chi connectivity index (χ1v) is 6.15. The SMILES string of the molecule is COCCC(C)(C)CNCc1ccc(C)cn1. The van der Waals surface area contributed by atoms with Crippen LogP contribution < -0.4 is 5.32 Å². The number of methoxy groups -OCH3 is 1. The maximum atomic E-state index is 5.12. The molecule has 0 atom stereocenters. The lowest BCUT2D eigenvalue weighted by Gasteiger charge is -2.24. The van der Waals surface area contributed by atoms with Crippen LogP contribution in [-0.4, -0.2) is 25.2 Å². The fraction of sp³-hybridized carbons (Fsp3) is 0.643. The molecule has 0 unspecified atom stereocenters. The van der Waals surface area contributed by atoms with Crippen molar-refractivity contribution in [2.24, 2.45) is 5.41 Å². The molecule has 96 valence electrons. The number of nitrogens with one attached hydrogen (secondary N) is 1. The van der Waals surface area contributed by atoms with E-state index >= 15 is 0 Å². The van der Waals surface area contributed by atoms with Gasteiger partial charge in [0.05, 0.1) is 5.69 Å². The summed E-state index contributed by atoms with van der Waals surface area (Å²) in [6, 6.07) is 4.17. The highest BCUT2D eigenvalue weighted by atomic mass is 16.5. The van der Waals surface area contributed by atoms with Crippen LogP contribution in [0.1, 0.15) is 31.5 Å². The van der Waals surface area contributed by atoms with Gasteiger partial charge in [0.25, 0.3) is 0 Å². The molecule has 0 radical (unpaired) electrons. The predicted octanol–water partition coefficient (Wildman–Crippen LogP) is 2.54. The molecule has 0 amide bonds. The molecule has 1 N–H and O–H groups in total. The maximum absolute atomic E-state index is 5.12. The summed E-state index contributed by atoms with van der Waals surface area (Å²) in [6.45, 7) is 9.18. The molecular weight excluding hydrogens is 212 g/mol. The van der Waals surface area contributed by atoms with Gasteiger partial charge in [-0.15, -0.1) is 0 Å². The van der Waals surface area contributed by atoms with Gasteiger partial charge in [-0.3, -0.25) is 4.98 Å². The second-order valence-corrected chi connectivity index (χ2v) is 5.34. The minimum Gasteiger partial charge on any atom is -0.385 e. The first kappa shape index (κ1) is 14.1. The van der Waals surface area contributed by atoms with Crippen molar-refractivity contribution in [1.82, 2.24) is 10.3 Å². The summed E-state index contributed by atoms with van der Waals surface area (Å²) in [7, 11) is 1.75. The van der Waals surface area contributed by atoms with Gasteiger partial charge >= 0.3 is 0 Å². The summed E-state index contributed by atoms with van der Waals surface area (Å²) >= 11 is 0. The van der Waals surface area contributed by atoms with Crippen LogP contribution in [0.3, 0.4) is 0 Å². The molecule has 3 heteroatoms. The molecule has 0 aromatic carbocycles. The molecule has 1 aromatic rings. The number of hydrogen-bond donors (Lipinski definition) is 1. The highest BCUT2D eigenvalue weighted by molar-refractivity contribution is 5.11. The molecule has 0 bridgehead atoms. The van der Waals surface area contributed by atoms with Gasteiger partial charge in [-0.05, 0) is 30.4 Å². The van der Waals surface area contributed by atoms with E-state index in [0.717, 1.165) is 31.8 Å². The predicted molar refractivity (Wildman–Crippen MR) is 71.0 cm³/mol. The van der Waals surface area contributed by atoms with Crippen LogP contribution in [0.5, 0.6) is 0 Å². The second-order valence-electron chi connectivity index (χ2n) is 5.34. The van der Waals surface area contributed by atoms with Crippen molar-refractivity contribution in [2.75, 3.05) is 20.3 Å².